The van der Waals surface area contributed by atoms with Crippen LogP contribution in [0.25, 0.3) is 10.9 Å². The first-order chi connectivity index (χ1) is 16.4. The maximum absolute atomic E-state index is 13.3. The predicted octanol–water partition coefficient (Wildman–Crippen LogP) is 3.94. The van der Waals surface area contributed by atoms with Crippen LogP contribution in [0.4, 0.5) is 5.82 Å². The van der Waals surface area contributed by atoms with Crippen LogP contribution in [0.5, 0.6) is 0 Å². The second-order valence-corrected chi connectivity index (χ2v) is 8.61. The molecule has 7 nitrogen and oxygen atoms in total. The highest BCUT2D eigenvalue weighted by molar-refractivity contribution is 6.33. The number of nitrogens with one attached hydrogen (secondary N) is 3. The average molecular weight is 476 g/mol. The Morgan fingerprint density at radius 2 is 1.85 bits per heavy atom. The average Bonchev–Trinajstić information content (AvgIpc) is 3.25. The molecule has 1 unspecified atom stereocenters. The first-order valence-corrected chi connectivity index (χ1v) is 11.3. The van der Waals surface area contributed by atoms with Crippen molar-refractivity contribution in [2.45, 2.75) is 19.0 Å². The van der Waals surface area contributed by atoms with Gasteiger partial charge in [-0.3, -0.25) is 9.59 Å². The van der Waals surface area contributed by atoms with E-state index in [1.807, 2.05) is 61.6 Å². The summed E-state index contributed by atoms with van der Waals surface area (Å²) in [7, 11) is 3.82. The second-order valence-electron chi connectivity index (χ2n) is 8.20. The number of aromatic amines is 1. The lowest BCUT2D eigenvalue weighted by atomic mass is 10.0. The number of hydrogen-bond donors (Lipinski definition) is 3. The van der Waals surface area contributed by atoms with Crippen LogP contribution >= 0.6 is 11.6 Å². The van der Waals surface area contributed by atoms with Gasteiger partial charge in [-0.1, -0.05) is 41.9 Å². The van der Waals surface area contributed by atoms with Gasteiger partial charge in [0.2, 0.25) is 5.91 Å². The number of carbonyl (C=O) groups excluding carboxylic acids is 2. The number of carbonyl (C=O) groups is 2. The lowest BCUT2D eigenvalue weighted by Gasteiger charge is -2.19. The Morgan fingerprint density at radius 3 is 2.65 bits per heavy atom. The van der Waals surface area contributed by atoms with E-state index >= 15 is 0 Å². The van der Waals surface area contributed by atoms with Crippen LogP contribution in [0.3, 0.4) is 0 Å². The lowest BCUT2D eigenvalue weighted by molar-refractivity contribution is -0.123. The van der Waals surface area contributed by atoms with Gasteiger partial charge in [0.15, 0.2) is 0 Å². The number of nitrogens with zero attached hydrogens (tertiary/aromatic N) is 2. The van der Waals surface area contributed by atoms with E-state index in [2.05, 4.69) is 20.6 Å². The molecule has 0 aliphatic heterocycles. The summed E-state index contributed by atoms with van der Waals surface area (Å²) in [6, 6.07) is 17.6. The molecule has 2 aromatic carbocycles. The number of H-pyrrole nitrogens is 1. The highest BCUT2D eigenvalue weighted by atomic mass is 35.5. The molecule has 2 amide bonds. The third-order valence-corrected chi connectivity index (χ3v) is 5.90. The van der Waals surface area contributed by atoms with Gasteiger partial charge in [0, 0.05) is 50.4 Å². The molecule has 1 atom stereocenters. The molecule has 0 aliphatic carbocycles. The highest BCUT2D eigenvalue weighted by Gasteiger charge is 2.24. The lowest BCUT2D eigenvalue weighted by Crippen LogP contribution is -2.47. The topological polar surface area (TPSA) is 90.1 Å². The van der Waals surface area contributed by atoms with Gasteiger partial charge in [0.25, 0.3) is 5.91 Å². The van der Waals surface area contributed by atoms with Crippen molar-refractivity contribution in [1.82, 2.24) is 20.6 Å². The van der Waals surface area contributed by atoms with Gasteiger partial charge in [0.1, 0.15) is 11.9 Å². The molecular weight excluding hydrogens is 450 g/mol. The minimum Gasteiger partial charge on any atom is -0.363 e. The summed E-state index contributed by atoms with van der Waals surface area (Å²) in [6.07, 6.45) is 3.91. The summed E-state index contributed by atoms with van der Waals surface area (Å²) in [6.45, 7) is 0.314. The summed E-state index contributed by atoms with van der Waals surface area (Å²) >= 11 is 6.21. The molecule has 174 valence electrons. The Hall–Kier alpha value is -3.84. The van der Waals surface area contributed by atoms with E-state index in [1.54, 1.807) is 30.5 Å². The van der Waals surface area contributed by atoms with Gasteiger partial charge in [0.05, 0.1) is 10.6 Å². The predicted molar refractivity (Wildman–Crippen MR) is 135 cm³/mol. The Kier molecular flexibility index (Phi) is 7.13. The number of fused-ring (bicyclic) bond motifs is 1. The van der Waals surface area contributed by atoms with Crippen LogP contribution in [0.15, 0.2) is 73.1 Å². The molecule has 2 heterocycles. The van der Waals surface area contributed by atoms with Crippen molar-refractivity contribution < 1.29 is 9.59 Å². The van der Waals surface area contributed by atoms with Crippen molar-refractivity contribution in [2.24, 2.45) is 0 Å². The number of halogens is 1. The molecule has 0 saturated heterocycles. The normalized spacial score (nSPS) is 11.7. The van der Waals surface area contributed by atoms with Crippen LogP contribution < -0.4 is 15.5 Å². The van der Waals surface area contributed by atoms with E-state index in [-0.39, 0.29) is 5.91 Å². The minimum absolute atomic E-state index is 0.283. The van der Waals surface area contributed by atoms with E-state index in [4.69, 9.17) is 11.6 Å². The number of hydrogen-bond acceptors (Lipinski definition) is 4. The van der Waals surface area contributed by atoms with E-state index in [1.165, 1.54) is 0 Å². The maximum Gasteiger partial charge on any atom is 0.253 e. The third-order valence-electron chi connectivity index (χ3n) is 5.57. The fourth-order valence-corrected chi connectivity index (χ4v) is 3.96. The number of aromatic nitrogens is 2. The van der Waals surface area contributed by atoms with Crippen molar-refractivity contribution in [3.05, 3.63) is 94.8 Å². The first kappa shape index (κ1) is 23.3. The van der Waals surface area contributed by atoms with E-state index in [0.717, 1.165) is 27.8 Å². The molecule has 0 fully saturated rings. The van der Waals surface area contributed by atoms with Crippen molar-refractivity contribution in [2.75, 3.05) is 19.0 Å². The summed E-state index contributed by atoms with van der Waals surface area (Å²) < 4.78 is 0. The standard InChI is InChI=1S/C26H26ClN5O2/c1-32(2)24-13-17(11-12-28-24)15-30-26(34)23(31-25(33)20-8-3-5-9-21(20)27)14-18-16-29-22-10-6-4-7-19(18)22/h3-13,16,23,29H,14-15H2,1-2H3,(H,30,34)(H,31,33). The Labute approximate surface area is 203 Å². The number of para-hydroxylation sites is 1. The minimum atomic E-state index is -0.793. The van der Waals surface area contributed by atoms with E-state index < -0.39 is 11.9 Å². The number of pyridine rings is 1. The van der Waals surface area contributed by atoms with Crippen molar-refractivity contribution in [1.29, 1.82) is 0 Å². The van der Waals surface area contributed by atoms with Gasteiger partial charge >= 0.3 is 0 Å². The molecule has 4 rings (SSSR count). The molecule has 8 heteroatoms. The van der Waals surface area contributed by atoms with E-state index in [9.17, 15) is 9.59 Å². The van der Waals surface area contributed by atoms with Gasteiger partial charge in [-0.05, 0) is 41.5 Å². The Morgan fingerprint density at radius 1 is 1.09 bits per heavy atom. The number of anilines is 1. The summed E-state index contributed by atoms with van der Waals surface area (Å²) in [5.74, 6) is 0.118. The maximum atomic E-state index is 13.3. The molecular formula is C26H26ClN5O2. The number of benzene rings is 2. The first-order valence-electron chi connectivity index (χ1n) is 10.9. The van der Waals surface area contributed by atoms with Crippen LogP contribution in [0, 0.1) is 0 Å². The summed E-state index contributed by atoms with van der Waals surface area (Å²) in [5, 5.41) is 7.17. The van der Waals surface area contributed by atoms with Crippen LogP contribution in [0.2, 0.25) is 5.02 Å². The van der Waals surface area contributed by atoms with Crippen molar-refractivity contribution >= 4 is 40.1 Å². The number of rotatable bonds is 8. The third kappa shape index (κ3) is 5.38. The molecule has 0 aliphatic rings. The zero-order chi connectivity index (χ0) is 24.1. The smallest absolute Gasteiger partial charge is 0.253 e. The highest BCUT2D eigenvalue weighted by Crippen LogP contribution is 2.20. The van der Waals surface area contributed by atoms with Crippen LogP contribution in [-0.4, -0.2) is 41.9 Å². The zero-order valence-corrected chi connectivity index (χ0v) is 19.8. The molecule has 0 bridgehead atoms. The SMILES string of the molecule is CN(C)c1cc(CNC(=O)C(Cc2c[nH]c3ccccc23)NC(=O)c2ccccc2Cl)ccn1. The second kappa shape index (κ2) is 10.4. The van der Waals surface area contributed by atoms with Crippen LogP contribution in [0.1, 0.15) is 21.5 Å². The molecule has 0 saturated carbocycles. The quantitative estimate of drug-likeness (QED) is 0.360. The van der Waals surface area contributed by atoms with Gasteiger partial charge in [-0.15, -0.1) is 0 Å². The molecule has 4 aromatic rings. The molecule has 0 radical (unpaired) electrons. The van der Waals surface area contributed by atoms with Crippen LogP contribution in [-0.2, 0) is 17.8 Å². The monoisotopic (exact) mass is 475 g/mol. The van der Waals surface area contributed by atoms with Gasteiger partial charge < -0.3 is 20.5 Å². The Bertz CT molecular complexity index is 1320. The summed E-state index contributed by atoms with van der Waals surface area (Å²) in [4.78, 5) is 35.6. The Balaban J connectivity index is 1.55. The molecule has 3 N–H and O–H groups in total. The fourth-order valence-electron chi connectivity index (χ4n) is 3.74. The molecule has 0 spiro atoms. The fraction of sp³-hybridized carbons (Fsp3) is 0.192. The van der Waals surface area contributed by atoms with Gasteiger partial charge in [-0.2, -0.15) is 0 Å². The number of amides is 2. The van der Waals surface area contributed by atoms with Crippen molar-refractivity contribution in [3.8, 4) is 0 Å². The summed E-state index contributed by atoms with van der Waals surface area (Å²) in [5.41, 5.74) is 3.15. The van der Waals surface area contributed by atoms with E-state index in [0.29, 0.717) is 23.6 Å². The molecule has 2 aromatic heterocycles. The van der Waals surface area contributed by atoms with Gasteiger partial charge in [-0.25, -0.2) is 4.98 Å². The largest absolute Gasteiger partial charge is 0.363 e. The zero-order valence-electron chi connectivity index (χ0n) is 19.0. The van der Waals surface area contributed by atoms with Crippen molar-refractivity contribution in [3.63, 3.8) is 0 Å². The molecule has 34 heavy (non-hydrogen) atoms.